The topological polar surface area (TPSA) is 94.7 Å². The standard InChI is InChI=1S/C22H26FN5O4/c1-2-30-15-28-20(19(21(29)32-28)16-3-5-17(23)6-4-16)18-7-8-24-22(26-18)25-9-10-27-11-13-31-14-12-27/h3-8H,2,9-15H2,1H3,(H,24,25,26). The molecule has 170 valence electrons. The Morgan fingerprint density at radius 2 is 1.97 bits per heavy atom. The molecule has 1 saturated heterocycles. The first kappa shape index (κ1) is 22.1. The molecular weight excluding hydrogens is 417 g/mol. The monoisotopic (exact) mass is 443 g/mol. The van der Waals surface area contributed by atoms with Crippen LogP contribution in [0.15, 0.2) is 45.8 Å². The predicted octanol–water partition coefficient (Wildman–Crippen LogP) is 2.44. The number of aromatic nitrogens is 3. The van der Waals surface area contributed by atoms with E-state index in [1.165, 1.54) is 16.9 Å². The average molecular weight is 443 g/mol. The van der Waals surface area contributed by atoms with Gasteiger partial charge in [0.2, 0.25) is 5.95 Å². The average Bonchev–Trinajstić information content (AvgIpc) is 3.15. The summed E-state index contributed by atoms with van der Waals surface area (Å²) in [6.07, 6.45) is 1.62. The Balaban J connectivity index is 1.61. The lowest BCUT2D eigenvalue weighted by molar-refractivity contribution is 0.0314. The molecule has 0 atom stereocenters. The zero-order chi connectivity index (χ0) is 22.3. The van der Waals surface area contributed by atoms with Crippen LogP contribution >= 0.6 is 0 Å². The molecule has 1 N–H and O–H groups in total. The first-order chi connectivity index (χ1) is 15.7. The van der Waals surface area contributed by atoms with E-state index < -0.39 is 5.63 Å². The number of hydrogen-bond acceptors (Lipinski definition) is 8. The molecule has 1 fully saturated rings. The summed E-state index contributed by atoms with van der Waals surface area (Å²) in [5.74, 6) is 0.0552. The summed E-state index contributed by atoms with van der Waals surface area (Å²) in [5, 5.41) is 3.23. The van der Waals surface area contributed by atoms with Crippen molar-refractivity contribution in [3.63, 3.8) is 0 Å². The number of ether oxygens (including phenoxy) is 2. The van der Waals surface area contributed by atoms with Crippen LogP contribution in [-0.4, -0.2) is 65.6 Å². The van der Waals surface area contributed by atoms with Crippen molar-refractivity contribution < 1.29 is 18.4 Å². The summed E-state index contributed by atoms with van der Waals surface area (Å²) in [4.78, 5) is 23.9. The quantitative estimate of drug-likeness (QED) is 0.539. The molecule has 9 nitrogen and oxygen atoms in total. The van der Waals surface area contributed by atoms with Gasteiger partial charge in [0.15, 0.2) is 6.73 Å². The van der Waals surface area contributed by atoms with E-state index in [4.69, 9.17) is 14.0 Å². The molecule has 1 aromatic carbocycles. The Morgan fingerprint density at radius 1 is 1.19 bits per heavy atom. The summed E-state index contributed by atoms with van der Waals surface area (Å²) >= 11 is 0. The van der Waals surface area contributed by atoms with Gasteiger partial charge >= 0.3 is 5.63 Å². The summed E-state index contributed by atoms with van der Waals surface area (Å²) in [5.41, 5.74) is 1.23. The molecule has 3 aromatic rings. The van der Waals surface area contributed by atoms with Crippen LogP contribution in [-0.2, 0) is 16.2 Å². The largest absolute Gasteiger partial charge is 0.379 e. The lowest BCUT2D eigenvalue weighted by Crippen LogP contribution is -2.39. The van der Waals surface area contributed by atoms with Gasteiger partial charge in [-0.2, -0.15) is 4.74 Å². The van der Waals surface area contributed by atoms with Crippen LogP contribution in [0.5, 0.6) is 0 Å². The molecular formula is C22H26FN5O4. The van der Waals surface area contributed by atoms with E-state index in [0.29, 0.717) is 41.6 Å². The third-order valence-corrected chi connectivity index (χ3v) is 5.14. The van der Waals surface area contributed by atoms with Crippen LogP contribution in [0.25, 0.3) is 22.5 Å². The molecule has 0 bridgehead atoms. The normalized spacial score (nSPS) is 14.6. The molecule has 10 heteroatoms. The fourth-order valence-electron chi connectivity index (χ4n) is 3.53. The van der Waals surface area contributed by atoms with Gasteiger partial charge in [-0.1, -0.05) is 12.1 Å². The number of halogens is 1. The SMILES string of the molecule is CCOCn1oc(=O)c(-c2ccc(F)cc2)c1-c1ccnc(NCCN2CCOCC2)n1. The predicted molar refractivity (Wildman–Crippen MR) is 117 cm³/mol. The van der Waals surface area contributed by atoms with Crippen LogP contribution in [0.2, 0.25) is 0 Å². The number of nitrogens with one attached hydrogen (secondary N) is 1. The number of morpholine rings is 1. The smallest absolute Gasteiger partial charge is 0.366 e. The van der Waals surface area contributed by atoms with Crippen molar-refractivity contribution in [2.24, 2.45) is 0 Å². The van der Waals surface area contributed by atoms with Gasteiger partial charge in [0.25, 0.3) is 0 Å². The highest BCUT2D eigenvalue weighted by Gasteiger charge is 2.22. The van der Waals surface area contributed by atoms with E-state index in [0.717, 1.165) is 32.8 Å². The Kier molecular flexibility index (Phi) is 7.25. The molecule has 0 radical (unpaired) electrons. The van der Waals surface area contributed by atoms with E-state index in [2.05, 4.69) is 20.2 Å². The molecule has 0 unspecified atom stereocenters. The highest BCUT2D eigenvalue weighted by atomic mass is 19.1. The molecule has 0 saturated carbocycles. The minimum Gasteiger partial charge on any atom is -0.379 e. The Bertz CT molecular complexity index is 1080. The van der Waals surface area contributed by atoms with Gasteiger partial charge in [-0.25, -0.2) is 19.2 Å². The maximum atomic E-state index is 13.4. The zero-order valence-electron chi connectivity index (χ0n) is 17.9. The number of hydrogen-bond donors (Lipinski definition) is 1. The first-order valence-electron chi connectivity index (χ1n) is 10.6. The van der Waals surface area contributed by atoms with Gasteiger partial charge in [0.05, 0.1) is 24.5 Å². The molecule has 4 rings (SSSR count). The summed E-state index contributed by atoms with van der Waals surface area (Å²) in [7, 11) is 0. The van der Waals surface area contributed by atoms with Crippen LogP contribution in [0, 0.1) is 5.82 Å². The summed E-state index contributed by atoms with van der Waals surface area (Å²) < 4.78 is 31.1. The number of benzene rings is 1. The third kappa shape index (κ3) is 5.21. The molecule has 1 aliphatic rings. The molecule has 0 spiro atoms. The van der Waals surface area contributed by atoms with Crippen molar-refractivity contribution in [1.29, 1.82) is 0 Å². The van der Waals surface area contributed by atoms with E-state index in [1.807, 2.05) is 6.92 Å². The van der Waals surface area contributed by atoms with E-state index in [-0.39, 0.29) is 12.5 Å². The fraction of sp³-hybridized carbons (Fsp3) is 0.409. The van der Waals surface area contributed by atoms with Crippen LogP contribution in [0.1, 0.15) is 6.92 Å². The lowest BCUT2D eigenvalue weighted by Gasteiger charge is -2.26. The van der Waals surface area contributed by atoms with Crippen molar-refractivity contribution in [3.05, 3.63) is 52.8 Å². The first-order valence-corrected chi connectivity index (χ1v) is 10.6. The maximum absolute atomic E-state index is 13.4. The second kappa shape index (κ2) is 10.5. The van der Waals surface area contributed by atoms with Gasteiger partial charge in [-0.3, -0.25) is 4.90 Å². The van der Waals surface area contributed by atoms with E-state index in [9.17, 15) is 9.18 Å². The second-order valence-electron chi connectivity index (χ2n) is 7.26. The van der Waals surface area contributed by atoms with Crippen LogP contribution < -0.4 is 10.9 Å². The Morgan fingerprint density at radius 3 is 2.72 bits per heavy atom. The van der Waals surface area contributed by atoms with Gasteiger partial charge in [-0.15, -0.1) is 0 Å². The van der Waals surface area contributed by atoms with Crippen molar-refractivity contribution in [2.75, 3.05) is 51.3 Å². The van der Waals surface area contributed by atoms with E-state index in [1.54, 1.807) is 24.4 Å². The number of nitrogens with zero attached hydrogens (tertiary/aromatic N) is 4. The van der Waals surface area contributed by atoms with Gasteiger partial charge in [-0.05, 0) is 30.7 Å². The minimum absolute atomic E-state index is 0.0477. The third-order valence-electron chi connectivity index (χ3n) is 5.14. The maximum Gasteiger partial charge on any atom is 0.366 e. The Hall–Kier alpha value is -3.08. The zero-order valence-corrected chi connectivity index (χ0v) is 17.9. The van der Waals surface area contributed by atoms with Crippen molar-refractivity contribution in [2.45, 2.75) is 13.7 Å². The highest BCUT2D eigenvalue weighted by molar-refractivity contribution is 5.78. The molecule has 2 aromatic heterocycles. The molecule has 0 amide bonds. The van der Waals surface area contributed by atoms with Gasteiger partial charge in [0, 0.05) is 39.0 Å². The van der Waals surface area contributed by atoms with Crippen LogP contribution in [0.3, 0.4) is 0 Å². The minimum atomic E-state index is -0.549. The molecule has 0 aliphatic carbocycles. The molecule has 3 heterocycles. The second-order valence-corrected chi connectivity index (χ2v) is 7.26. The number of anilines is 1. The Labute approximate surface area is 184 Å². The van der Waals surface area contributed by atoms with Crippen LogP contribution in [0.4, 0.5) is 10.3 Å². The van der Waals surface area contributed by atoms with Gasteiger partial charge < -0.3 is 19.3 Å². The highest BCUT2D eigenvalue weighted by Crippen LogP contribution is 2.30. The summed E-state index contributed by atoms with van der Waals surface area (Å²) in [6, 6.07) is 7.39. The van der Waals surface area contributed by atoms with Gasteiger partial charge in [0.1, 0.15) is 11.5 Å². The van der Waals surface area contributed by atoms with Crippen molar-refractivity contribution in [3.8, 4) is 22.5 Å². The molecule has 32 heavy (non-hydrogen) atoms. The molecule has 1 aliphatic heterocycles. The summed E-state index contributed by atoms with van der Waals surface area (Å²) in [6.45, 7) is 7.17. The van der Waals surface area contributed by atoms with Crippen molar-refractivity contribution >= 4 is 5.95 Å². The lowest BCUT2D eigenvalue weighted by atomic mass is 10.0. The van der Waals surface area contributed by atoms with Crippen molar-refractivity contribution in [1.82, 2.24) is 19.6 Å². The fourth-order valence-corrected chi connectivity index (χ4v) is 3.53. The van der Waals surface area contributed by atoms with E-state index >= 15 is 0 Å². The number of rotatable bonds is 9.